The number of hydrogen-bond acceptors (Lipinski definition) is 4. The topological polar surface area (TPSA) is 95.9 Å². The molecule has 0 aliphatic carbocycles. The van der Waals surface area contributed by atoms with Crippen LogP contribution in [0.5, 0.6) is 5.75 Å². The number of ether oxygens (including phenoxy) is 1. The van der Waals surface area contributed by atoms with Gasteiger partial charge in [-0.1, -0.05) is 18.2 Å². The zero-order valence-electron chi connectivity index (χ0n) is 11.5. The van der Waals surface area contributed by atoms with Crippen molar-refractivity contribution in [2.45, 2.75) is 26.3 Å². The van der Waals surface area contributed by atoms with Gasteiger partial charge in [-0.25, -0.2) is 4.79 Å². The number of benzene rings is 1. The van der Waals surface area contributed by atoms with E-state index in [4.69, 9.17) is 14.9 Å². The minimum absolute atomic E-state index is 0.0372. The number of carboxylic acid groups (broad SMARTS) is 1. The van der Waals surface area contributed by atoms with Crippen LogP contribution in [-0.2, 0) is 9.59 Å². The zero-order chi connectivity index (χ0) is 15.1. The quantitative estimate of drug-likeness (QED) is 0.681. The Kier molecular flexibility index (Phi) is 5.99. The summed E-state index contributed by atoms with van der Waals surface area (Å²) in [5.74, 6) is -1.09. The van der Waals surface area contributed by atoms with E-state index >= 15 is 0 Å². The fourth-order valence-electron chi connectivity index (χ4n) is 1.79. The molecule has 1 aromatic rings. The van der Waals surface area contributed by atoms with Gasteiger partial charge in [0, 0.05) is 13.0 Å². The zero-order valence-corrected chi connectivity index (χ0v) is 11.5. The largest absolute Gasteiger partial charge is 0.483 e. The monoisotopic (exact) mass is 281 g/mol. The van der Waals surface area contributed by atoms with Gasteiger partial charge < -0.3 is 20.3 Å². The Hall–Kier alpha value is -2.08. The second-order valence-corrected chi connectivity index (χ2v) is 4.48. The van der Waals surface area contributed by atoms with Crippen LogP contribution in [-0.4, -0.2) is 41.3 Å². The maximum absolute atomic E-state index is 11.6. The van der Waals surface area contributed by atoms with Gasteiger partial charge in [-0.15, -0.1) is 0 Å². The van der Waals surface area contributed by atoms with Crippen LogP contribution in [0, 0.1) is 13.8 Å². The van der Waals surface area contributed by atoms with Crippen molar-refractivity contribution in [3.8, 4) is 5.75 Å². The number of aryl methyl sites for hydroxylation is 2. The molecule has 1 atom stereocenters. The van der Waals surface area contributed by atoms with E-state index in [1.54, 1.807) is 0 Å². The van der Waals surface area contributed by atoms with Crippen LogP contribution in [0.25, 0.3) is 0 Å². The Balaban J connectivity index is 2.57. The smallest absolute Gasteiger partial charge is 0.326 e. The first-order valence-electron chi connectivity index (χ1n) is 6.27. The van der Waals surface area contributed by atoms with E-state index in [0.29, 0.717) is 5.75 Å². The molecule has 0 heterocycles. The summed E-state index contributed by atoms with van der Waals surface area (Å²) in [4.78, 5) is 22.5. The summed E-state index contributed by atoms with van der Waals surface area (Å²) in [6.07, 6.45) is -0.0372. The third-order valence-corrected chi connectivity index (χ3v) is 2.81. The summed E-state index contributed by atoms with van der Waals surface area (Å²) < 4.78 is 5.42. The second-order valence-electron chi connectivity index (χ2n) is 4.48. The van der Waals surface area contributed by atoms with Crippen LogP contribution in [0.4, 0.5) is 0 Å². The molecule has 1 aromatic carbocycles. The number of aliphatic carboxylic acids is 1. The number of amides is 1. The van der Waals surface area contributed by atoms with Gasteiger partial charge in [0.15, 0.2) is 6.61 Å². The molecule has 0 radical (unpaired) electrons. The fourth-order valence-corrected chi connectivity index (χ4v) is 1.79. The van der Waals surface area contributed by atoms with Crippen molar-refractivity contribution in [3.63, 3.8) is 0 Å². The Bertz CT molecular complexity index is 466. The molecule has 6 heteroatoms. The molecule has 0 spiro atoms. The van der Waals surface area contributed by atoms with Crippen LogP contribution in [0.1, 0.15) is 17.5 Å². The number of aliphatic hydroxyl groups excluding tert-OH is 1. The normalized spacial score (nSPS) is 11.8. The van der Waals surface area contributed by atoms with Crippen molar-refractivity contribution in [1.82, 2.24) is 5.32 Å². The molecule has 0 aromatic heterocycles. The molecule has 0 aliphatic rings. The first-order chi connectivity index (χ1) is 9.45. The van der Waals surface area contributed by atoms with Gasteiger partial charge in [0.2, 0.25) is 0 Å². The number of nitrogens with one attached hydrogen (secondary N) is 1. The highest BCUT2D eigenvalue weighted by Crippen LogP contribution is 2.21. The van der Waals surface area contributed by atoms with E-state index in [-0.39, 0.29) is 19.6 Å². The molecular weight excluding hydrogens is 262 g/mol. The molecule has 20 heavy (non-hydrogen) atoms. The van der Waals surface area contributed by atoms with Crippen LogP contribution in [0.15, 0.2) is 18.2 Å². The first-order valence-corrected chi connectivity index (χ1v) is 6.27. The van der Waals surface area contributed by atoms with Gasteiger partial charge >= 0.3 is 5.97 Å². The van der Waals surface area contributed by atoms with E-state index in [9.17, 15) is 9.59 Å². The fraction of sp³-hybridized carbons (Fsp3) is 0.429. The predicted octanol–water partition coefficient (Wildman–Crippen LogP) is 0.634. The third-order valence-electron chi connectivity index (χ3n) is 2.81. The van der Waals surface area contributed by atoms with Gasteiger partial charge in [-0.3, -0.25) is 4.79 Å². The van der Waals surface area contributed by atoms with E-state index in [2.05, 4.69) is 5.32 Å². The number of carbonyl (C=O) groups excluding carboxylic acids is 1. The Morgan fingerprint density at radius 1 is 1.30 bits per heavy atom. The van der Waals surface area contributed by atoms with Crippen LogP contribution in [0.3, 0.4) is 0 Å². The lowest BCUT2D eigenvalue weighted by Gasteiger charge is -2.15. The van der Waals surface area contributed by atoms with Gasteiger partial charge in [-0.05, 0) is 25.0 Å². The maximum Gasteiger partial charge on any atom is 0.326 e. The maximum atomic E-state index is 11.6. The van der Waals surface area contributed by atoms with Crippen molar-refractivity contribution in [2.24, 2.45) is 0 Å². The molecule has 0 saturated carbocycles. The molecule has 0 bridgehead atoms. The predicted molar refractivity (Wildman–Crippen MR) is 72.7 cm³/mol. The average Bonchev–Trinajstić information content (AvgIpc) is 2.37. The van der Waals surface area contributed by atoms with Crippen LogP contribution >= 0.6 is 0 Å². The molecule has 0 aliphatic heterocycles. The molecule has 3 N–H and O–H groups in total. The minimum Gasteiger partial charge on any atom is -0.483 e. The highest BCUT2D eigenvalue weighted by Gasteiger charge is 2.19. The standard InChI is InChI=1S/C14H19NO5/c1-9-4-3-5-10(2)13(9)20-8-12(17)15-11(6-7-16)14(18)19/h3-5,11,16H,6-8H2,1-2H3,(H,15,17)(H,18,19)/t11-/m1/s1. The number of rotatable bonds is 7. The van der Waals surface area contributed by atoms with Gasteiger partial charge in [0.1, 0.15) is 11.8 Å². The summed E-state index contributed by atoms with van der Waals surface area (Å²) in [6.45, 7) is 3.16. The minimum atomic E-state index is -1.18. The lowest BCUT2D eigenvalue weighted by atomic mass is 10.1. The number of hydrogen-bond donors (Lipinski definition) is 3. The van der Waals surface area contributed by atoms with E-state index < -0.39 is 17.9 Å². The number of aliphatic hydroxyl groups is 1. The lowest BCUT2D eigenvalue weighted by Crippen LogP contribution is -2.43. The molecule has 1 amide bonds. The molecule has 1 rings (SSSR count). The average molecular weight is 281 g/mol. The summed E-state index contributed by atoms with van der Waals surface area (Å²) >= 11 is 0. The van der Waals surface area contributed by atoms with E-state index in [0.717, 1.165) is 11.1 Å². The van der Waals surface area contributed by atoms with Gasteiger partial charge in [0.05, 0.1) is 0 Å². The highest BCUT2D eigenvalue weighted by molar-refractivity contribution is 5.84. The summed E-state index contributed by atoms with van der Waals surface area (Å²) in [6, 6.07) is 4.52. The van der Waals surface area contributed by atoms with Crippen molar-refractivity contribution in [3.05, 3.63) is 29.3 Å². The van der Waals surface area contributed by atoms with Crippen LogP contribution < -0.4 is 10.1 Å². The first kappa shape index (κ1) is 16.0. The lowest BCUT2D eigenvalue weighted by molar-refractivity contribution is -0.142. The molecule has 0 saturated heterocycles. The Labute approximate surface area is 117 Å². The van der Waals surface area contributed by atoms with Crippen molar-refractivity contribution in [1.29, 1.82) is 0 Å². The number of carboxylic acids is 1. The van der Waals surface area contributed by atoms with E-state index in [1.807, 2.05) is 32.0 Å². The molecular formula is C14H19NO5. The van der Waals surface area contributed by atoms with Gasteiger partial charge in [0.25, 0.3) is 5.91 Å². The molecule has 6 nitrogen and oxygen atoms in total. The third kappa shape index (κ3) is 4.55. The second kappa shape index (κ2) is 7.49. The number of carbonyl (C=O) groups is 2. The van der Waals surface area contributed by atoms with Gasteiger partial charge in [-0.2, -0.15) is 0 Å². The van der Waals surface area contributed by atoms with Crippen LogP contribution in [0.2, 0.25) is 0 Å². The Morgan fingerprint density at radius 3 is 2.40 bits per heavy atom. The Morgan fingerprint density at radius 2 is 1.90 bits per heavy atom. The summed E-state index contributed by atoms with van der Waals surface area (Å²) in [5, 5.41) is 19.9. The SMILES string of the molecule is Cc1cccc(C)c1OCC(=O)N[C@H](CCO)C(=O)O. The molecule has 0 unspecified atom stereocenters. The van der Waals surface area contributed by atoms with Crippen molar-refractivity contribution >= 4 is 11.9 Å². The summed E-state index contributed by atoms with van der Waals surface area (Å²) in [7, 11) is 0. The van der Waals surface area contributed by atoms with Crippen molar-refractivity contribution in [2.75, 3.05) is 13.2 Å². The van der Waals surface area contributed by atoms with E-state index in [1.165, 1.54) is 0 Å². The van der Waals surface area contributed by atoms with Crippen molar-refractivity contribution < 1.29 is 24.5 Å². The molecule has 0 fully saturated rings. The number of para-hydroxylation sites is 1. The molecule has 110 valence electrons. The highest BCUT2D eigenvalue weighted by atomic mass is 16.5. The summed E-state index contributed by atoms with van der Waals surface area (Å²) in [5.41, 5.74) is 1.81.